The molecule has 0 fully saturated rings. The van der Waals surface area contributed by atoms with Crippen LogP contribution < -0.4 is 10.9 Å². The SMILES string of the molecule is CC(CCCc1cc(=O)cc(CCCc2cc(=O)cc(CCCCC(C)(C)C(=O)O)s2)s1)C(=O)O. The minimum atomic E-state index is -0.791. The summed E-state index contributed by atoms with van der Waals surface area (Å²) in [6, 6.07) is 6.68. The molecular weight excluding hydrogens is 484 g/mol. The molecule has 2 rings (SSSR count). The normalized spacial score (nSPS) is 12.4. The maximum atomic E-state index is 12.2. The maximum absolute atomic E-state index is 12.2. The number of carbonyl (C=O) groups is 2. The van der Waals surface area contributed by atoms with Crippen molar-refractivity contribution in [1.29, 1.82) is 0 Å². The molecule has 1 atom stereocenters. The van der Waals surface area contributed by atoms with Crippen molar-refractivity contribution in [3.63, 3.8) is 0 Å². The first-order chi connectivity index (χ1) is 16.5. The molecule has 2 heterocycles. The Bertz CT molecular complexity index is 1120. The van der Waals surface area contributed by atoms with Crippen molar-refractivity contribution in [2.24, 2.45) is 11.3 Å². The van der Waals surface area contributed by atoms with Crippen molar-refractivity contribution >= 4 is 34.6 Å². The zero-order valence-corrected chi connectivity index (χ0v) is 22.4. The Morgan fingerprint density at radius 1 is 0.771 bits per heavy atom. The molecule has 0 saturated carbocycles. The van der Waals surface area contributed by atoms with Gasteiger partial charge in [0.2, 0.25) is 0 Å². The number of hydrogen-bond donors (Lipinski definition) is 2. The van der Waals surface area contributed by atoms with Gasteiger partial charge in [-0.25, -0.2) is 0 Å². The monoisotopic (exact) mass is 520 g/mol. The smallest absolute Gasteiger partial charge is 0.309 e. The van der Waals surface area contributed by atoms with Gasteiger partial charge in [-0.3, -0.25) is 19.2 Å². The van der Waals surface area contributed by atoms with Gasteiger partial charge in [-0.1, -0.05) is 13.3 Å². The van der Waals surface area contributed by atoms with E-state index >= 15 is 0 Å². The molecule has 2 aromatic heterocycles. The summed E-state index contributed by atoms with van der Waals surface area (Å²) in [5.41, 5.74) is -0.742. The third-order valence-electron chi connectivity index (χ3n) is 6.12. The van der Waals surface area contributed by atoms with E-state index in [0.29, 0.717) is 19.3 Å². The van der Waals surface area contributed by atoms with Gasteiger partial charge >= 0.3 is 11.9 Å². The molecular formula is C27H36O6S2. The second kappa shape index (κ2) is 13.7. The number of aryl methyl sites for hydroxylation is 4. The van der Waals surface area contributed by atoms with Gasteiger partial charge in [0.1, 0.15) is 0 Å². The van der Waals surface area contributed by atoms with Gasteiger partial charge < -0.3 is 10.2 Å². The average Bonchev–Trinajstić information content (AvgIpc) is 2.76. The molecule has 0 spiro atoms. The number of aliphatic carboxylic acids is 2. The zero-order chi connectivity index (χ0) is 26.0. The molecule has 6 nitrogen and oxygen atoms in total. The lowest BCUT2D eigenvalue weighted by Gasteiger charge is -2.18. The highest BCUT2D eigenvalue weighted by Gasteiger charge is 2.26. The van der Waals surface area contributed by atoms with E-state index in [1.54, 1.807) is 67.7 Å². The summed E-state index contributed by atoms with van der Waals surface area (Å²) < 4.78 is 0. The minimum absolute atomic E-state index is 0.00172. The molecule has 35 heavy (non-hydrogen) atoms. The molecule has 0 radical (unpaired) electrons. The van der Waals surface area contributed by atoms with Crippen LogP contribution in [-0.2, 0) is 35.3 Å². The molecule has 0 aromatic carbocycles. The van der Waals surface area contributed by atoms with Crippen LogP contribution in [0.4, 0.5) is 0 Å². The van der Waals surface area contributed by atoms with Crippen molar-refractivity contribution in [2.75, 3.05) is 0 Å². The van der Waals surface area contributed by atoms with E-state index in [0.717, 1.165) is 64.5 Å². The maximum Gasteiger partial charge on any atom is 0.309 e. The second-order valence-corrected chi connectivity index (χ2v) is 12.3. The Morgan fingerprint density at radius 2 is 1.20 bits per heavy atom. The molecule has 192 valence electrons. The molecule has 0 bridgehead atoms. The topological polar surface area (TPSA) is 109 Å². The lowest BCUT2D eigenvalue weighted by molar-refractivity contribution is -0.147. The fourth-order valence-corrected chi connectivity index (χ4v) is 6.14. The molecule has 8 heteroatoms. The Morgan fingerprint density at radius 3 is 1.63 bits per heavy atom. The third-order valence-corrected chi connectivity index (χ3v) is 8.46. The number of unbranched alkanes of at least 4 members (excludes halogenated alkanes) is 1. The summed E-state index contributed by atoms with van der Waals surface area (Å²) >= 11 is 3.24. The minimum Gasteiger partial charge on any atom is -0.481 e. The molecule has 1 unspecified atom stereocenters. The summed E-state index contributed by atoms with van der Waals surface area (Å²) in [6.07, 6.45) is 7.42. The largest absolute Gasteiger partial charge is 0.481 e. The van der Waals surface area contributed by atoms with E-state index in [1.165, 1.54) is 0 Å². The van der Waals surface area contributed by atoms with Crippen LogP contribution in [0.25, 0.3) is 0 Å². The molecule has 0 saturated heterocycles. The van der Waals surface area contributed by atoms with Crippen LogP contribution in [-0.4, -0.2) is 22.2 Å². The van der Waals surface area contributed by atoms with Gasteiger partial charge in [0.25, 0.3) is 0 Å². The van der Waals surface area contributed by atoms with Crippen molar-refractivity contribution in [2.45, 2.75) is 85.0 Å². The van der Waals surface area contributed by atoms with Crippen LogP contribution in [0.5, 0.6) is 0 Å². The van der Waals surface area contributed by atoms with Gasteiger partial charge in [-0.2, -0.15) is 0 Å². The van der Waals surface area contributed by atoms with Gasteiger partial charge in [-0.15, -0.1) is 22.7 Å². The predicted octanol–water partition coefficient (Wildman–Crippen LogP) is 5.57. The van der Waals surface area contributed by atoms with E-state index in [4.69, 9.17) is 5.11 Å². The zero-order valence-electron chi connectivity index (χ0n) is 20.8. The van der Waals surface area contributed by atoms with Crippen LogP contribution >= 0.6 is 22.7 Å². The summed E-state index contributed by atoms with van der Waals surface area (Å²) in [5, 5.41) is 18.2. The molecule has 0 aliphatic carbocycles. The second-order valence-electron chi connectivity index (χ2n) is 9.83. The van der Waals surface area contributed by atoms with E-state index < -0.39 is 17.4 Å². The van der Waals surface area contributed by atoms with Gasteiger partial charge in [0.15, 0.2) is 10.9 Å². The number of rotatable bonds is 15. The first-order valence-electron chi connectivity index (χ1n) is 12.2. The quantitative estimate of drug-likeness (QED) is 0.297. The van der Waals surface area contributed by atoms with Gasteiger partial charge in [0, 0.05) is 19.5 Å². The van der Waals surface area contributed by atoms with Crippen LogP contribution in [0.2, 0.25) is 0 Å². The first kappa shape index (κ1) is 28.9. The first-order valence-corrected chi connectivity index (χ1v) is 13.8. The van der Waals surface area contributed by atoms with Crippen molar-refractivity contribution < 1.29 is 19.8 Å². The standard InChI is InChI=1S/C27H36O6S2/c1-18(25(30)31)8-6-10-22-15-20(29)17-24(35-22)12-7-11-23-16-19(28)14-21(34-23)9-4-5-13-27(2,3)26(32)33/h14-18H,4-13H2,1-3H3,(H,30,31)(H,32,33). The molecule has 0 aliphatic rings. The summed E-state index contributed by atoms with van der Waals surface area (Å²) in [6.45, 7) is 5.17. The highest BCUT2D eigenvalue weighted by molar-refractivity contribution is 7.11. The van der Waals surface area contributed by atoms with Gasteiger partial charge in [0.05, 0.1) is 11.3 Å². The van der Waals surface area contributed by atoms with Crippen molar-refractivity contribution in [3.8, 4) is 0 Å². The Labute approximate surface area is 214 Å². The Hall–Kier alpha value is -2.32. The average molecular weight is 521 g/mol. The predicted molar refractivity (Wildman–Crippen MR) is 142 cm³/mol. The van der Waals surface area contributed by atoms with Crippen LogP contribution in [0.1, 0.15) is 78.8 Å². The molecule has 0 amide bonds. The Kier molecular flexibility index (Phi) is 11.3. The summed E-state index contributed by atoms with van der Waals surface area (Å²) in [5.74, 6) is -1.96. The van der Waals surface area contributed by atoms with Crippen LogP contribution in [0.15, 0.2) is 33.9 Å². The van der Waals surface area contributed by atoms with Crippen molar-refractivity contribution in [1.82, 2.24) is 0 Å². The number of carboxylic acid groups (broad SMARTS) is 2. The van der Waals surface area contributed by atoms with E-state index in [9.17, 15) is 24.3 Å². The molecule has 0 aliphatic heterocycles. The fourth-order valence-electron chi connectivity index (χ4n) is 3.78. The Balaban J connectivity index is 1.87. The number of carboxylic acids is 2. The van der Waals surface area contributed by atoms with Crippen LogP contribution in [0.3, 0.4) is 0 Å². The lowest BCUT2D eigenvalue weighted by Crippen LogP contribution is -2.23. The van der Waals surface area contributed by atoms with E-state index in [-0.39, 0.29) is 16.8 Å². The van der Waals surface area contributed by atoms with E-state index in [2.05, 4.69) is 0 Å². The van der Waals surface area contributed by atoms with Gasteiger partial charge in [-0.05, 0) is 95.9 Å². The lowest BCUT2D eigenvalue weighted by atomic mass is 9.87. The molecule has 2 aromatic rings. The highest BCUT2D eigenvalue weighted by atomic mass is 32.1. The summed E-state index contributed by atoms with van der Waals surface area (Å²) in [7, 11) is 0. The fraction of sp³-hybridized carbons (Fsp3) is 0.556. The molecule has 2 N–H and O–H groups in total. The number of hydrogen-bond acceptors (Lipinski definition) is 6. The van der Waals surface area contributed by atoms with Crippen LogP contribution in [0, 0.1) is 11.3 Å². The van der Waals surface area contributed by atoms with Crippen molar-refractivity contribution in [3.05, 3.63) is 64.2 Å². The third kappa shape index (κ3) is 10.4. The van der Waals surface area contributed by atoms with E-state index in [1.807, 2.05) is 0 Å². The summed E-state index contributed by atoms with van der Waals surface area (Å²) in [4.78, 5) is 50.5. The highest BCUT2D eigenvalue weighted by Crippen LogP contribution is 2.25.